The number of benzene rings is 2. The first-order chi connectivity index (χ1) is 11.7. The number of nitrogens with zero attached hydrogens (tertiary/aromatic N) is 1. The minimum atomic E-state index is -0.690. The maximum atomic E-state index is 13.1. The van der Waals surface area contributed by atoms with Crippen LogP contribution in [0.5, 0.6) is 22.4 Å². The zero-order valence-electron chi connectivity index (χ0n) is 12.4. The van der Waals surface area contributed by atoms with Gasteiger partial charge in [0.25, 0.3) is 5.19 Å². The van der Waals surface area contributed by atoms with Gasteiger partial charge in [0.1, 0.15) is 42.1 Å². The zero-order valence-corrected chi connectivity index (χ0v) is 13.3. The lowest BCUT2D eigenvalue weighted by atomic mass is 10.3. The van der Waals surface area contributed by atoms with Gasteiger partial charge < -0.3 is 14.2 Å². The van der Waals surface area contributed by atoms with Crippen molar-refractivity contribution in [2.75, 3.05) is 13.2 Å². The first kappa shape index (κ1) is 16.2. The van der Waals surface area contributed by atoms with E-state index in [0.717, 1.165) is 18.2 Å². The summed E-state index contributed by atoms with van der Waals surface area (Å²) in [7, 11) is 0. The molecule has 1 aromatic heterocycles. The molecule has 0 radical (unpaired) electrons. The lowest BCUT2D eigenvalue weighted by Gasteiger charge is -2.09. The molecule has 24 heavy (non-hydrogen) atoms. The van der Waals surface area contributed by atoms with E-state index in [1.807, 2.05) is 5.38 Å². The molecule has 0 bridgehead atoms. The highest BCUT2D eigenvalue weighted by molar-refractivity contribution is 7.11. The van der Waals surface area contributed by atoms with E-state index in [4.69, 9.17) is 14.2 Å². The number of hydrogen-bond donors (Lipinski definition) is 0. The Bertz CT molecular complexity index is 759. The van der Waals surface area contributed by atoms with Crippen LogP contribution in [0.15, 0.2) is 54.0 Å². The minimum Gasteiger partial charge on any atom is -0.490 e. The van der Waals surface area contributed by atoms with E-state index in [1.54, 1.807) is 30.5 Å². The lowest BCUT2D eigenvalue weighted by Crippen LogP contribution is -2.08. The Kier molecular flexibility index (Phi) is 5.22. The van der Waals surface area contributed by atoms with Crippen molar-refractivity contribution in [3.05, 3.63) is 65.7 Å². The Morgan fingerprint density at radius 3 is 2.17 bits per heavy atom. The maximum Gasteiger partial charge on any atom is 0.273 e. The molecule has 0 unspecified atom stereocenters. The molecule has 124 valence electrons. The molecule has 2 aromatic carbocycles. The molecule has 0 aliphatic rings. The van der Waals surface area contributed by atoms with Gasteiger partial charge in [-0.05, 0) is 24.3 Å². The summed E-state index contributed by atoms with van der Waals surface area (Å²) in [6, 6.07) is 9.73. The number of ether oxygens (including phenoxy) is 3. The standard InChI is InChI=1S/C17H13F2NO3S/c18-12-9-13(19)11-16(10-12)23-15-3-1-14(2-4-15)21-6-7-22-17-20-5-8-24-17/h1-5,8-11H,6-7H2. The molecule has 7 heteroatoms. The number of thiazole rings is 1. The molecule has 0 amide bonds. The highest BCUT2D eigenvalue weighted by Crippen LogP contribution is 2.25. The molecule has 0 fully saturated rings. The molecule has 0 saturated carbocycles. The van der Waals surface area contributed by atoms with Gasteiger partial charge in [0.2, 0.25) is 0 Å². The van der Waals surface area contributed by atoms with E-state index in [0.29, 0.717) is 29.9 Å². The van der Waals surface area contributed by atoms with Crippen molar-refractivity contribution in [1.82, 2.24) is 4.98 Å². The summed E-state index contributed by atoms with van der Waals surface area (Å²) in [6.07, 6.45) is 1.67. The Labute approximate surface area is 141 Å². The van der Waals surface area contributed by atoms with Crippen LogP contribution in [0.1, 0.15) is 0 Å². The fraction of sp³-hybridized carbons (Fsp3) is 0.118. The summed E-state index contributed by atoms with van der Waals surface area (Å²) >= 11 is 1.42. The van der Waals surface area contributed by atoms with Crippen molar-refractivity contribution in [3.8, 4) is 22.4 Å². The second kappa shape index (κ2) is 7.74. The van der Waals surface area contributed by atoms with Gasteiger partial charge in [-0.15, -0.1) is 0 Å². The van der Waals surface area contributed by atoms with Crippen LogP contribution in [0.3, 0.4) is 0 Å². The van der Waals surface area contributed by atoms with E-state index in [9.17, 15) is 8.78 Å². The SMILES string of the molecule is Fc1cc(F)cc(Oc2ccc(OCCOc3nccs3)cc2)c1. The van der Waals surface area contributed by atoms with Crippen molar-refractivity contribution in [2.24, 2.45) is 0 Å². The van der Waals surface area contributed by atoms with E-state index in [2.05, 4.69) is 4.98 Å². The van der Waals surface area contributed by atoms with E-state index < -0.39 is 11.6 Å². The molecular weight excluding hydrogens is 336 g/mol. The maximum absolute atomic E-state index is 13.1. The minimum absolute atomic E-state index is 0.0954. The summed E-state index contributed by atoms with van der Waals surface area (Å²) in [4.78, 5) is 4.00. The van der Waals surface area contributed by atoms with Crippen molar-refractivity contribution in [3.63, 3.8) is 0 Å². The fourth-order valence-electron chi connectivity index (χ4n) is 1.90. The molecule has 0 aliphatic heterocycles. The number of rotatable bonds is 7. The molecule has 3 rings (SSSR count). The highest BCUT2D eigenvalue weighted by atomic mass is 32.1. The number of hydrogen-bond acceptors (Lipinski definition) is 5. The average Bonchev–Trinajstić information content (AvgIpc) is 3.05. The Morgan fingerprint density at radius 2 is 1.50 bits per heavy atom. The second-order valence-electron chi connectivity index (χ2n) is 4.67. The number of halogens is 2. The van der Waals surface area contributed by atoms with Gasteiger partial charge in [-0.2, -0.15) is 0 Å². The predicted octanol–water partition coefficient (Wildman–Crippen LogP) is 4.67. The lowest BCUT2D eigenvalue weighted by molar-refractivity contribution is 0.216. The number of aromatic nitrogens is 1. The topological polar surface area (TPSA) is 40.6 Å². The first-order valence-electron chi connectivity index (χ1n) is 7.08. The van der Waals surface area contributed by atoms with Crippen molar-refractivity contribution in [2.45, 2.75) is 0 Å². The van der Waals surface area contributed by atoms with Gasteiger partial charge in [0.15, 0.2) is 0 Å². The predicted molar refractivity (Wildman–Crippen MR) is 86.0 cm³/mol. The van der Waals surface area contributed by atoms with E-state index >= 15 is 0 Å². The largest absolute Gasteiger partial charge is 0.490 e. The second-order valence-corrected chi connectivity index (χ2v) is 5.53. The molecule has 0 aliphatic carbocycles. The van der Waals surface area contributed by atoms with Gasteiger partial charge in [-0.25, -0.2) is 13.8 Å². The van der Waals surface area contributed by atoms with Crippen LogP contribution in [0.4, 0.5) is 8.78 Å². The molecule has 0 atom stereocenters. The summed E-state index contributed by atoms with van der Waals surface area (Å²) in [5.74, 6) is -0.199. The molecule has 4 nitrogen and oxygen atoms in total. The summed E-state index contributed by atoms with van der Waals surface area (Å²) < 4.78 is 42.5. The van der Waals surface area contributed by atoms with E-state index in [-0.39, 0.29) is 5.75 Å². The van der Waals surface area contributed by atoms with Crippen molar-refractivity contribution < 1.29 is 23.0 Å². The summed E-state index contributed by atoms with van der Waals surface area (Å²) in [5, 5.41) is 2.43. The van der Waals surface area contributed by atoms with Gasteiger partial charge >= 0.3 is 0 Å². The average molecular weight is 349 g/mol. The Balaban J connectivity index is 1.49. The molecule has 3 aromatic rings. The highest BCUT2D eigenvalue weighted by Gasteiger charge is 2.04. The molecule has 0 saturated heterocycles. The zero-order chi connectivity index (χ0) is 16.8. The molecule has 0 N–H and O–H groups in total. The van der Waals surface area contributed by atoms with Crippen molar-refractivity contribution >= 4 is 11.3 Å². The smallest absolute Gasteiger partial charge is 0.273 e. The first-order valence-corrected chi connectivity index (χ1v) is 7.96. The van der Waals surface area contributed by atoms with Gasteiger partial charge in [0.05, 0.1) is 0 Å². The van der Waals surface area contributed by atoms with Crippen LogP contribution in [0, 0.1) is 11.6 Å². The van der Waals surface area contributed by atoms with Crippen LogP contribution in [-0.2, 0) is 0 Å². The van der Waals surface area contributed by atoms with Crippen LogP contribution in [-0.4, -0.2) is 18.2 Å². The van der Waals surface area contributed by atoms with Crippen LogP contribution >= 0.6 is 11.3 Å². The van der Waals surface area contributed by atoms with Gasteiger partial charge in [0, 0.05) is 29.8 Å². The Hall–Kier alpha value is -2.67. The summed E-state index contributed by atoms with van der Waals surface area (Å²) in [5.41, 5.74) is 0. The third-order valence-electron chi connectivity index (χ3n) is 2.88. The third kappa shape index (κ3) is 4.66. The van der Waals surface area contributed by atoms with Gasteiger partial charge in [-0.1, -0.05) is 11.3 Å². The monoisotopic (exact) mass is 349 g/mol. The molecule has 0 spiro atoms. The molecule has 1 heterocycles. The van der Waals surface area contributed by atoms with Crippen molar-refractivity contribution in [1.29, 1.82) is 0 Å². The van der Waals surface area contributed by atoms with Crippen LogP contribution in [0.2, 0.25) is 0 Å². The van der Waals surface area contributed by atoms with Gasteiger partial charge in [-0.3, -0.25) is 0 Å². The van der Waals surface area contributed by atoms with E-state index in [1.165, 1.54) is 11.3 Å². The normalized spacial score (nSPS) is 10.4. The quantitative estimate of drug-likeness (QED) is 0.581. The van der Waals surface area contributed by atoms with Crippen LogP contribution in [0.25, 0.3) is 0 Å². The van der Waals surface area contributed by atoms with Crippen LogP contribution < -0.4 is 14.2 Å². The summed E-state index contributed by atoms with van der Waals surface area (Å²) in [6.45, 7) is 0.753. The molecular formula is C17H13F2NO3S. The fourth-order valence-corrected chi connectivity index (χ4v) is 2.41. The Morgan fingerprint density at radius 1 is 0.833 bits per heavy atom. The third-order valence-corrected chi connectivity index (χ3v) is 3.57.